The van der Waals surface area contributed by atoms with Crippen LogP contribution in [0.25, 0.3) is 11.3 Å². The van der Waals surface area contributed by atoms with Gasteiger partial charge in [-0.25, -0.2) is 4.79 Å². The highest BCUT2D eigenvalue weighted by Crippen LogP contribution is 2.08. The number of rotatable bonds is 2. The van der Waals surface area contributed by atoms with Gasteiger partial charge in [-0.05, 0) is 19.1 Å². The molecule has 0 aliphatic carbocycles. The number of nitrogens with zero attached hydrogens (tertiary/aromatic N) is 2. The van der Waals surface area contributed by atoms with Crippen LogP contribution in [-0.4, -0.2) is 9.78 Å². The Labute approximate surface area is 86.5 Å². The van der Waals surface area contributed by atoms with Gasteiger partial charge in [-0.3, -0.25) is 0 Å². The monoisotopic (exact) mass is 202 g/mol. The fourth-order valence-corrected chi connectivity index (χ4v) is 1.18. The first-order valence-electron chi connectivity index (χ1n) is 4.50. The molecule has 2 rings (SSSR count). The summed E-state index contributed by atoms with van der Waals surface area (Å²) in [6.07, 6.45) is 0. The highest BCUT2D eigenvalue weighted by Gasteiger charge is 2.09. The zero-order chi connectivity index (χ0) is 10.8. The standard InChI is InChI=1S/C11H10N2O2/c1-8(2)10-12-13(11(14)15-10)9-6-4-3-5-7-9/h3-7H,1H2,2H3. The largest absolute Gasteiger partial charge is 0.442 e. The fourth-order valence-electron chi connectivity index (χ4n) is 1.18. The molecule has 0 saturated heterocycles. The second-order valence-corrected chi connectivity index (χ2v) is 3.20. The Bertz CT molecular complexity index is 537. The van der Waals surface area contributed by atoms with Crippen LogP contribution in [0.2, 0.25) is 0 Å². The fraction of sp³-hybridized carbons (Fsp3) is 0.0909. The topological polar surface area (TPSA) is 48.0 Å². The Hall–Kier alpha value is -2.10. The smallest absolute Gasteiger partial charge is 0.388 e. The number of para-hydroxylation sites is 1. The van der Waals surface area contributed by atoms with Gasteiger partial charge in [-0.15, -0.1) is 5.10 Å². The number of benzene rings is 1. The molecule has 0 radical (unpaired) electrons. The van der Waals surface area contributed by atoms with Crippen LogP contribution in [0, 0.1) is 0 Å². The van der Waals surface area contributed by atoms with Crippen molar-refractivity contribution in [1.82, 2.24) is 9.78 Å². The minimum atomic E-state index is -0.501. The summed E-state index contributed by atoms with van der Waals surface area (Å²) in [5, 5.41) is 4.02. The summed E-state index contributed by atoms with van der Waals surface area (Å²) >= 11 is 0. The molecule has 2 aromatic rings. The molecule has 0 aliphatic rings. The first kappa shape index (κ1) is 9.45. The van der Waals surface area contributed by atoms with Crippen molar-refractivity contribution in [3.8, 4) is 5.69 Å². The van der Waals surface area contributed by atoms with E-state index >= 15 is 0 Å². The van der Waals surface area contributed by atoms with Crippen LogP contribution in [0.4, 0.5) is 0 Å². The molecule has 0 bridgehead atoms. The lowest BCUT2D eigenvalue weighted by molar-refractivity contribution is 0.492. The summed E-state index contributed by atoms with van der Waals surface area (Å²) in [6, 6.07) is 9.10. The van der Waals surface area contributed by atoms with Crippen molar-refractivity contribution in [2.75, 3.05) is 0 Å². The van der Waals surface area contributed by atoms with Crippen molar-refractivity contribution in [2.24, 2.45) is 0 Å². The first-order valence-corrected chi connectivity index (χ1v) is 4.50. The highest BCUT2D eigenvalue weighted by atomic mass is 16.4. The second kappa shape index (κ2) is 3.57. The van der Waals surface area contributed by atoms with Crippen LogP contribution in [0.15, 0.2) is 46.1 Å². The van der Waals surface area contributed by atoms with Crippen molar-refractivity contribution in [3.63, 3.8) is 0 Å². The molecule has 4 nitrogen and oxygen atoms in total. The maximum atomic E-state index is 11.4. The summed E-state index contributed by atoms with van der Waals surface area (Å²) in [7, 11) is 0. The van der Waals surface area contributed by atoms with Crippen LogP contribution in [0.5, 0.6) is 0 Å². The van der Waals surface area contributed by atoms with Gasteiger partial charge >= 0.3 is 5.76 Å². The predicted octanol–water partition coefficient (Wildman–Crippen LogP) is 1.86. The van der Waals surface area contributed by atoms with E-state index in [1.165, 1.54) is 4.68 Å². The number of allylic oxidation sites excluding steroid dienone is 1. The summed E-state index contributed by atoms with van der Waals surface area (Å²) < 4.78 is 6.14. The van der Waals surface area contributed by atoms with Gasteiger partial charge in [0.2, 0.25) is 5.89 Å². The molecular weight excluding hydrogens is 192 g/mol. The summed E-state index contributed by atoms with van der Waals surface area (Å²) in [5.41, 5.74) is 1.31. The third kappa shape index (κ3) is 1.74. The van der Waals surface area contributed by atoms with Crippen LogP contribution in [0.3, 0.4) is 0 Å². The lowest BCUT2D eigenvalue weighted by Gasteiger charge is -1.95. The van der Waals surface area contributed by atoms with Crippen molar-refractivity contribution in [3.05, 3.63) is 53.4 Å². The Morgan fingerprint density at radius 2 is 2.07 bits per heavy atom. The van der Waals surface area contributed by atoms with Gasteiger partial charge in [-0.2, -0.15) is 4.68 Å². The van der Waals surface area contributed by atoms with E-state index in [2.05, 4.69) is 11.7 Å². The van der Waals surface area contributed by atoms with Crippen molar-refractivity contribution < 1.29 is 4.42 Å². The van der Waals surface area contributed by atoms with Gasteiger partial charge in [0.25, 0.3) is 0 Å². The van der Waals surface area contributed by atoms with Crippen molar-refractivity contribution >= 4 is 5.57 Å². The van der Waals surface area contributed by atoms with E-state index in [0.29, 0.717) is 11.3 Å². The van der Waals surface area contributed by atoms with Crippen molar-refractivity contribution in [1.29, 1.82) is 0 Å². The third-order valence-corrected chi connectivity index (χ3v) is 1.91. The molecular formula is C11H10N2O2. The molecule has 0 N–H and O–H groups in total. The summed E-state index contributed by atoms with van der Waals surface area (Å²) in [5.74, 6) is -0.233. The Kier molecular flexibility index (Phi) is 2.25. The van der Waals surface area contributed by atoms with E-state index in [9.17, 15) is 4.79 Å². The molecule has 0 amide bonds. The van der Waals surface area contributed by atoms with Gasteiger partial charge in [0.05, 0.1) is 5.69 Å². The molecule has 0 fully saturated rings. The molecule has 15 heavy (non-hydrogen) atoms. The minimum absolute atomic E-state index is 0.267. The minimum Gasteiger partial charge on any atom is -0.388 e. The van der Waals surface area contributed by atoms with E-state index in [0.717, 1.165) is 0 Å². The van der Waals surface area contributed by atoms with E-state index in [1.54, 1.807) is 19.1 Å². The first-order chi connectivity index (χ1) is 7.18. The third-order valence-electron chi connectivity index (χ3n) is 1.91. The molecule has 0 spiro atoms. The van der Waals surface area contributed by atoms with Crippen LogP contribution >= 0.6 is 0 Å². The predicted molar refractivity (Wildman–Crippen MR) is 56.8 cm³/mol. The SMILES string of the molecule is C=C(C)c1nn(-c2ccccc2)c(=O)o1. The van der Waals surface area contributed by atoms with Gasteiger partial charge in [-0.1, -0.05) is 24.8 Å². The molecule has 0 saturated carbocycles. The maximum absolute atomic E-state index is 11.4. The van der Waals surface area contributed by atoms with E-state index in [4.69, 9.17) is 4.42 Å². The van der Waals surface area contributed by atoms with Gasteiger partial charge < -0.3 is 4.42 Å². The Morgan fingerprint density at radius 1 is 1.40 bits per heavy atom. The molecule has 0 atom stereocenters. The average Bonchev–Trinajstić information content (AvgIpc) is 2.62. The zero-order valence-electron chi connectivity index (χ0n) is 8.30. The molecule has 76 valence electrons. The molecule has 1 heterocycles. The number of aromatic nitrogens is 2. The molecule has 1 aromatic carbocycles. The summed E-state index contributed by atoms with van der Waals surface area (Å²) in [4.78, 5) is 11.4. The zero-order valence-corrected chi connectivity index (χ0v) is 8.30. The second-order valence-electron chi connectivity index (χ2n) is 3.20. The van der Waals surface area contributed by atoms with Crippen molar-refractivity contribution in [2.45, 2.75) is 6.92 Å². The Morgan fingerprint density at radius 3 is 2.60 bits per heavy atom. The maximum Gasteiger partial charge on any atom is 0.442 e. The van der Waals surface area contributed by atoms with Gasteiger partial charge in [0.15, 0.2) is 0 Å². The molecule has 4 heteroatoms. The normalized spacial score (nSPS) is 10.2. The molecule has 0 unspecified atom stereocenters. The van der Waals surface area contributed by atoms with Gasteiger partial charge in [0.1, 0.15) is 0 Å². The van der Waals surface area contributed by atoms with E-state index in [-0.39, 0.29) is 5.89 Å². The molecule has 0 aliphatic heterocycles. The van der Waals surface area contributed by atoms with Crippen LogP contribution in [0.1, 0.15) is 12.8 Å². The molecule has 1 aromatic heterocycles. The lowest BCUT2D eigenvalue weighted by atomic mass is 10.3. The van der Waals surface area contributed by atoms with E-state index in [1.807, 2.05) is 18.2 Å². The Balaban J connectivity index is 2.55. The number of hydrogen-bond donors (Lipinski definition) is 0. The highest BCUT2D eigenvalue weighted by molar-refractivity contribution is 5.52. The van der Waals surface area contributed by atoms with Crippen LogP contribution in [-0.2, 0) is 0 Å². The van der Waals surface area contributed by atoms with Crippen LogP contribution < -0.4 is 5.76 Å². The van der Waals surface area contributed by atoms with Gasteiger partial charge in [0, 0.05) is 5.57 Å². The van der Waals surface area contributed by atoms with E-state index < -0.39 is 5.76 Å². The number of hydrogen-bond acceptors (Lipinski definition) is 3. The summed E-state index contributed by atoms with van der Waals surface area (Å²) in [6.45, 7) is 5.40. The lowest BCUT2D eigenvalue weighted by Crippen LogP contribution is -2.12. The quantitative estimate of drug-likeness (QED) is 0.746. The average molecular weight is 202 g/mol.